The largest absolute Gasteiger partial charge is 0.354 e. The van der Waals surface area contributed by atoms with Gasteiger partial charge in [-0.1, -0.05) is 6.92 Å². The number of nitrogens with one attached hydrogen (secondary N) is 1. The Morgan fingerprint density at radius 2 is 2.15 bits per heavy atom. The SMILES string of the molecule is CCCNc1nc(Cl)nc(N(C)Cc2scnc2C)n1. The van der Waals surface area contributed by atoms with Gasteiger partial charge in [-0.15, -0.1) is 11.3 Å². The van der Waals surface area contributed by atoms with Crippen molar-refractivity contribution in [1.29, 1.82) is 0 Å². The summed E-state index contributed by atoms with van der Waals surface area (Å²) in [5.41, 5.74) is 2.87. The van der Waals surface area contributed by atoms with Crippen molar-refractivity contribution in [3.8, 4) is 0 Å². The Bertz CT molecular complexity index is 573. The summed E-state index contributed by atoms with van der Waals surface area (Å²) in [5.74, 6) is 1.06. The van der Waals surface area contributed by atoms with E-state index in [1.54, 1.807) is 11.3 Å². The molecule has 0 fully saturated rings. The lowest BCUT2D eigenvalue weighted by molar-refractivity contribution is 0.850. The van der Waals surface area contributed by atoms with Crippen molar-refractivity contribution in [1.82, 2.24) is 19.9 Å². The van der Waals surface area contributed by atoms with Crippen molar-refractivity contribution in [2.24, 2.45) is 0 Å². The molecule has 1 N–H and O–H groups in total. The average molecular weight is 313 g/mol. The summed E-state index contributed by atoms with van der Waals surface area (Å²) < 4.78 is 0. The van der Waals surface area contributed by atoms with Gasteiger partial charge in [0, 0.05) is 18.5 Å². The molecular formula is C12H17ClN6S. The molecule has 0 aromatic carbocycles. The highest BCUT2D eigenvalue weighted by atomic mass is 35.5. The Morgan fingerprint density at radius 1 is 1.35 bits per heavy atom. The molecule has 0 aliphatic rings. The van der Waals surface area contributed by atoms with Crippen molar-refractivity contribution in [2.75, 3.05) is 23.8 Å². The van der Waals surface area contributed by atoms with Crippen LogP contribution in [0.1, 0.15) is 23.9 Å². The van der Waals surface area contributed by atoms with Crippen LogP contribution in [0.4, 0.5) is 11.9 Å². The number of aryl methyl sites for hydroxylation is 1. The quantitative estimate of drug-likeness (QED) is 0.884. The minimum Gasteiger partial charge on any atom is -0.354 e. The first kappa shape index (κ1) is 14.9. The summed E-state index contributed by atoms with van der Waals surface area (Å²) >= 11 is 7.57. The molecule has 108 valence electrons. The smallest absolute Gasteiger partial charge is 0.231 e. The zero-order chi connectivity index (χ0) is 14.5. The van der Waals surface area contributed by atoms with Gasteiger partial charge in [0.25, 0.3) is 0 Å². The van der Waals surface area contributed by atoms with Gasteiger partial charge in [-0.3, -0.25) is 0 Å². The number of nitrogens with zero attached hydrogens (tertiary/aromatic N) is 5. The van der Waals surface area contributed by atoms with E-state index in [9.17, 15) is 0 Å². The average Bonchev–Trinajstić information content (AvgIpc) is 2.81. The molecule has 0 unspecified atom stereocenters. The standard InChI is InChI=1S/C12H17ClN6S/c1-4-5-14-11-16-10(13)17-12(18-11)19(3)6-9-8(2)15-7-20-9/h7H,4-6H2,1-3H3,(H,14,16,17,18). The molecule has 0 amide bonds. The molecule has 2 heterocycles. The monoisotopic (exact) mass is 312 g/mol. The van der Waals surface area contributed by atoms with Crippen molar-refractivity contribution in [2.45, 2.75) is 26.8 Å². The van der Waals surface area contributed by atoms with Crippen LogP contribution < -0.4 is 10.2 Å². The van der Waals surface area contributed by atoms with E-state index in [4.69, 9.17) is 11.6 Å². The van der Waals surface area contributed by atoms with Crippen molar-refractivity contribution >= 4 is 34.8 Å². The summed E-state index contributed by atoms with van der Waals surface area (Å²) in [4.78, 5) is 20.0. The molecule has 8 heteroatoms. The number of hydrogen-bond acceptors (Lipinski definition) is 7. The highest BCUT2D eigenvalue weighted by molar-refractivity contribution is 7.09. The Labute approximate surface area is 127 Å². The van der Waals surface area contributed by atoms with Gasteiger partial charge in [-0.25, -0.2) is 4.98 Å². The van der Waals surface area contributed by atoms with Crippen LogP contribution in [0, 0.1) is 6.92 Å². The van der Waals surface area contributed by atoms with Crippen molar-refractivity contribution in [3.05, 3.63) is 21.4 Å². The fourth-order valence-electron chi connectivity index (χ4n) is 1.59. The van der Waals surface area contributed by atoms with E-state index < -0.39 is 0 Å². The highest BCUT2D eigenvalue weighted by Crippen LogP contribution is 2.18. The Kier molecular flexibility index (Phi) is 5.08. The van der Waals surface area contributed by atoms with Gasteiger partial charge < -0.3 is 10.2 Å². The van der Waals surface area contributed by atoms with E-state index in [1.807, 2.05) is 24.4 Å². The number of halogens is 1. The fraction of sp³-hybridized carbons (Fsp3) is 0.500. The lowest BCUT2D eigenvalue weighted by Gasteiger charge is -2.17. The first-order chi connectivity index (χ1) is 9.60. The number of thiazole rings is 1. The third kappa shape index (κ3) is 3.77. The van der Waals surface area contributed by atoms with Crippen LogP contribution in [0.3, 0.4) is 0 Å². The van der Waals surface area contributed by atoms with Gasteiger partial charge >= 0.3 is 0 Å². The van der Waals surface area contributed by atoms with Crippen LogP contribution in [-0.2, 0) is 6.54 Å². The van der Waals surface area contributed by atoms with Crippen LogP contribution in [0.5, 0.6) is 0 Å². The summed E-state index contributed by atoms with van der Waals surface area (Å²) in [6.45, 7) is 5.57. The number of rotatable bonds is 6. The number of hydrogen-bond donors (Lipinski definition) is 1. The third-order valence-corrected chi connectivity index (χ3v) is 3.79. The Hall–Kier alpha value is -1.47. The van der Waals surface area contributed by atoms with Gasteiger partial charge in [0.05, 0.1) is 17.7 Å². The van der Waals surface area contributed by atoms with E-state index >= 15 is 0 Å². The fourth-order valence-corrected chi connectivity index (χ4v) is 2.58. The first-order valence-electron chi connectivity index (χ1n) is 6.35. The van der Waals surface area contributed by atoms with Crippen LogP contribution in [0.25, 0.3) is 0 Å². The lowest BCUT2D eigenvalue weighted by Crippen LogP contribution is -2.20. The maximum Gasteiger partial charge on any atom is 0.231 e. The molecule has 0 bridgehead atoms. The highest BCUT2D eigenvalue weighted by Gasteiger charge is 2.12. The number of anilines is 2. The Balaban J connectivity index is 2.14. The maximum absolute atomic E-state index is 5.95. The second-order valence-corrected chi connectivity index (χ2v) is 5.65. The molecule has 2 rings (SSSR count). The minimum absolute atomic E-state index is 0.196. The molecule has 0 saturated carbocycles. The van der Waals surface area contributed by atoms with Crippen LogP contribution in [-0.4, -0.2) is 33.5 Å². The van der Waals surface area contributed by atoms with E-state index in [0.29, 0.717) is 18.4 Å². The van der Waals surface area contributed by atoms with Gasteiger partial charge in [0.15, 0.2) is 0 Å². The molecule has 2 aromatic rings. The van der Waals surface area contributed by atoms with E-state index in [2.05, 4.69) is 32.2 Å². The molecule has 0 aliphatic heterocycles. The zero-order valence-corrected chi connectivity index (χ0v) is 13.3. The van der Waals surface area contributed by atoms with Gasteiger partial charge in [0.2, 0.25) is 17.2 Å². The minimum atomic E-state index is 0.196. The predicted molar refractivity (Wildman–Crippen MR) is 82.6 cm³/mol. The summed E-state index contributed by atoms with van der Waals surface area (Å²) in [7, 11) is 1.93. The second-order valence-electron chi connectivity index (χ2n) is 4.37. The molecule has 0 saturated heterocycles. The van der Waals surface area contributed by atoms with Crippen LogP contribution >= 0.6 is 22.9 Å². The topological polar surface area (TPSA) is 66.8 Å². The van der Waals surface area contributed by atoms with E-state index in [1.165, 1.54) is 4.88 Å². The third-order valence-electron chi connectivity index (χ3n) is 2.70. The molecule has 0 spiro atoms. The molecule has 0 radical (unpaired) electrons. The van der Waals surface area contributed by atoms with Crippen LogP contribution in [0.2, 0.25) is 5.28 Å². The summed E-state index contributed by atoms with van der Waals surface area (Å²) in [6, 6.07) is 0. The molecule has 0 aliphatic carbocycles. The summed E-state index contributed by atoms with van der Waals surface area (Å²) in [6.07, 6.45) is 0.995. The molecule has 0 atom stereocenters. The molecule has 6 nitrogen and oxygen atoms in total. The van der Waals surface area contributed by atoms with E-state index in [-0.39, 0.29) is 5.28 Å². The molecule has 20 heavy (non-hydrogen) atoms. The van der Waals surface area contributed by atoms with Crippen molar-refractivity contribution < 1.29 is 0 Å². The Morgan fingerprint density at radius 3 is 2.80 bits per heavy atom. The molecule has 2 aromatic heterocycles. The second kappa shape index (κ2) is 6.81. The normalized spacial score (nSPS) is 10.6. The van der Waals surface area contributed by atoms with Gasteiger partial charge in [0.1, 0.15) is 0 Å². The first-order valence-corrected chi connectivity index (χ1v) is 7.61. The maximum atomic E-state index is 5.95. The van der Waals surface area contributed by atoms with Crippen LogP contribution in [0.15, 0.2) is 5.51 Å². The lowest BCUT2D eigenvalue weighted by atomic mass is 10.4. The van der Waals surface area contributed by atoms with Crippen molar-refractivity contribution in [3.63, 3.8) is 0 Å². The zero-order valence-electron chi connectivity index (χ0n) is 11.7. The van der Waals surface area contributed by atoms with E-state index in [0.717, 1.165) is 18.7 Å². The number of aromatic nitrogens is 4. The summed E-state index contributed by atoms with van der Waals surface area (Å²) in [5, 5.41) is 3.31. The predicted octanol–water partition coefficient (Wildman–Crippen LogP) is 2.75. The van der Waals surface area contributed by atoms with Gasteiger partial charge in [-0.2, -0.15) is 15.0 Å². The molecular weight excluding hydrogens is 296 g/mol. The van der Waals surface area contributed by atoms with Gasteiger partial charge in [-0.05, 0) is 24.9 Å².